The fourth-order valence-corrected chi connectivity index (χ4v) is 3.18. The second-order valence-corrected chi connectivity index (χ2v) is 7.27. The van der Waals surface area contributed by atoms with Crippen LogP contribution >= 0.6 is 22.9 Å². The van der Waals surface area contributed by atoms with Gasteiger partial charge in [0.25, 0.3) is 11.8 Å². The van der Waals surface area contributed by atoms with Crippen LogP contribution < -0.4 is 10.1 Å². The first-order valence-corrected chi connectivity index (χ1v) is 9.48. The molecule has 2 heterocycles. The zero-order valence-electron chi connectivity index (χ0n) is 14.2. The summed E-state index contributed by atoms with van der Waals surface area (Å²) in [6.07, 6.45) is 3.32. The number of carbonyl (C=O) groups excluding carboxylic acids is 1. The molecule has 8 heteroatoms. The summed E-state index contributed by atoms with van der Waals surface area (Å²) in [5.41, 5.74) is 0.477. The summed E-state index contributed by atoms with van der Waals surface area (Å²) in [4.78, 5) is 13.0. The number of hydrogen-bond acceptors (Lipinski definition) is 6. The molecule has 0 fully saturated rings. The molecule has 0 aliphatic carbocycles. The van der Waals surface area contributed by atoms with Crippen molar-refractivity contribution in [2.75, 3.05) is 11.9 Å². The number of nitrogens with one attached hydrogen (secondary N) is 1. The van der Waals surface area contributed by atoms with Crippen molar-refractivity contribution in [3.63, 3.8) is 0 Å². The number of unbranched alkanes of at least 4 members (excludes halogenated alkanes) is 2. The third-order valence-corrected chi connectivity index (χ3v) is 4.78. The molecular formula is C18H18ClN3O3S. The Hall–Kier alpha value is -2.38. The number of halogens is 1. The minimum Gasteiger partial charge on any atom is -0.494 e. The van der Waals surface area contributed by atoms with Gasteiger partial charge < -0.3 is 9.15 Å². The summed E-state index contributed by atoms with van der Waals surface area (Å²) in [5.74, 6) is 0.724. The maximum absolute atomic E-state index is 12.3. The third-order valence-electron chi connectivity index (χ3n) is 3.56. The summed E-state index contributed by atoms with van der Waals surface area (Å²) in [5, 5.41) is 10.3. The third kappa shape index (κ3) is 4.83. The Labute approximate surface area is 160 Å². The molecule has 2 aromatic heterocycles. The van der Waals surface area contributed by atoms with Crippen molar-refractivity contribution in [3.05, 3.63) is 46.3 Å². The Morgan fingerprint density at radius 2 is 2.00 bits per heavy atom. The smallest absolute Gasteiger partial charge is 0.322 e. The lowest BCUT2D eigenvalue weighted by molar-refractivity contribution is 0.102. The molecule has 0 radical (unpaired) electrons. The fraction of sp³-hybridized carbons (Fsp3) is 0.278. The standard InChI is InChI=1S/C18H18ClN3O3S/c1-2-3-4-11-24-13-7-5-12(6-8-13)16(23)20-18-22-21-17(25-18)14-9-10-15(19)26-14/h5-10H,2-4,11H2,1H3,(H,20,22,23). The molecule has 0 aliphatic rings. The van der Waals surface area contributed by atoms with Crippen molar-refractivity contribution in [2.24, 2.45) is 0 Å². The van der Waals surface area contributed by atoms with Crippen LogP contribution in [0.1, 0.15) is 36.5 Å². The van der Waals surface area contributed by atoms with E-state index in [1.54, 1.807) is 36.4 Å². The molecule has 0 spiro atoms. The van der Waals surface area contributed by atoms with E-state index in [1.165, 1.54) is 11.3 Å². The number of aromatic nitrogens is 2. The predicted molar refractivity (Wildman–Crippen MR) is 102 cm³/mol. The summed E-state index contributed by atoms with van der Waals surface area (Å²) in [6, 6.07) is 10.5. The Morgan fingerprint density at radius 3 is 2.69 bits per heavy atom. The maximum atomic E-state index is 12.3. The summed E-state index contributed by atoms with van der Waals surface area (Å²) < 4.78 is 11.7. The van der Waals surface area contributed by atoms with Crippen molar-refractivity contribution < 1.29 is 13.9 Å². The van der Waals surface area contributed by atoms with E-state index >= 15 is 0 Å². The van der Waals surface area contributed by atoms with E-state index in [4.69, 9.17) is 20.8 Å². The molecule has 3 rings (SSSR count). The number of rotatable bonds is 8. The van der Waals surface area contributed by atoms with E-state index in [0.717, 1.165) is 29.9 Å². The Kier molecular flexibility index (Phi) is 6.25. The van der Waals surface area contributed by atoms with E-state index in [2.05, 4.69) is 22.4 Å². The number of benzene rings is 1. The van der Waals surface area contributed by atoms with E-state index < -0.39 is 0 Å². The predicted octanol–water partition coefficient (Wildman–Crippen LogP) is 5.27. The van der Waals surface area contributed by atoms with Crippen LogP contribution in [0.5, 0.6) is 5.75 Å². The monoisotopic (exact) mass is 391 g/mol. The number of nitrogens with zero attached hydrogens (tertiary/aromatic N) is 2. The molecule has 1 N–H and O–H groups in total. The first kappa shape index (κ1) is 18.4. The van der Waals surface area contributed by atoms with Gasteiger partial charge in [-0.3, -0.25) is 10.1 Å². The Bertz CT molecular complexity index is 861. The SMILES string of the molecule is CCCCCOc1ccc(C(=O)Nc2nnc(-c3ccc(Cl)s3)o2)cc1. The molecule has 136 valence electrons. The second-order valence-electron chi connectivity index (χ2n) is 5.55. The number of carbonyl (C=O) groups is 1. The molecule has 26 heavy (non-hydrogen) atoms. The molecule has 0 saturated carbocycles. The number of anilines is 1. The van der Waals surface area contributed by atoms with Crippen molar-refractivity contribution in [1.29, 1.82) is 0 Å². The molecule has 0 bridgehead atoms. The van der Waals surface area contributed by atoms with Gasteiger partial charge in [0.05, 0.1) is 15.8 Å². The van der Waals surface area contributed by atoms with Crippen molar-refractivity contribution in [3.8, 4) is 16.5 Å². The van der Waals surface area contributed by atoms with E-state index in [1.807, 2.05) is 0 Å². The van der Waals surface area contributed by atoms with E-state index in [0.29, 0.717) is 22.4 Å². The number of ether oxygens (including phenoxy) is 1. The van der Waals surface area contributed by atoms with Crippen LogP contribution in [0.3, 0.4) is 0 Å². The van der Waals surface area contributed by atoms with Crippen LogP contribution in [0, 0.1) is 0 Å². The maximum Gasteiger partial charge on any atom is 0.322 e. The van der Waals surface area contributed by atoms with E-state index in [-0.39, 0.29) is 11.9 Å². The topological polar surface area (TPSA) is 77.2 Å². The van der Waals surface area contributed by atoms with E-state index in [9.17, 15) is 4.79 Å². The Morgan fingerprint density at radius 1 is 1.19 bits per heavy atom. The Balaban J connectivity index is 1.57. The van der Waals surface area contributed by atoms with Gasteiger partial charge >= 0.3 is 6.01 Å². The zero-order valence-corrected chi connectivity index (χ0v) is 15.8. The fourth-order valence-electron chi connectivity index (χ4n) is 2.22. The highest BCUT2D eigenvalue weighted by molar-refractivity contribution is 7.19. The van der Waals surface area contributed by atoms with Crippen LogP contribution in [0.15, 0.2) is 40.8 Å². The normalized spacial score (nSPS) is 10.7. The van der Waals surface area contributed by atoms with Crippen molar-refractivity contribution >= 4 is 34.9 Å². The molecule has 3 aromatic rings. The van der Waals surface area contributed by atoms with Gasteiger partial charge in [-0.15, -0.1) is 16.4 Å². The first-order chi connectivity index (χ1) is 12.7. The van der Waals surface area contributed by atoms with Gasteiger partial charge in [-0.05, 0) is 42.8 Å². The molecule has 0 atom stereocenters. The highest BCUT2D eigenvalue weighted by atomic mass is 35.5. The molecule has 1 aromatic carbocycles. The lowest BCUT2D eigenvalue weighted by atomic mass is 10.2. The second kappa shape index (κ2) is 8.82. The quantitative estimate of drug-likeness (QED) is 0.529. The molecule has 0 aliphatic heterocycles. The summed E-state index contributed by atoms with van der Waals surface area (Å²) in [7, 11) is 0. The van der Waals surface area contributed by atoms with Crippen molar-refractivity contribution in [1.82, 2.24) is 10.2 Å². The van der Waals surface area contributed by atoms with Crippen LogP contribution in [0.4, 0.5) is 6.01 Å². The molecule has 6 nitrogen and oxygen atoms in total. The minimum absolute atomic E-state index is 0.0365. The largest absolute Gasteiger partial charge is 0.494 e. The van der Waals surface area contributed by atoms with Gasteiger partial charge in [0.2, 0.25) is 0 Å². The lowest BCUT2D eigenvalue weighted by Gasteiger charge is -2.06. The average Bonchev–Trinajstić information content (AvgIpc) is 3.28. The molecule has 0 unspecified atom stereocenters. The zero-order chi connectivity index (χ0) is 18.4. The minimum atomic E-state index is -0.332. The highest BCUT2D eigenvalue weighted by Gasteiger charge is 2.14. The van der Waals surface area contributed by atoms with Gasteiger partial charge in [0, 0.05) is 5.56 Å². The molecule has 0 saturated heterocycles. The number of thiophene rings is 1. The van der Waals surface area contributed by atoms with Gasteiger partial charge in [0.15, 0.2) is 0 Å². The first-order valence-electron chi connectivity index (χ1n) is 8.29. The van der Waals surface area contributed by atoms with Gasteiger partial charge in [-0.25, -0.2) is 0 Å². The highest BCUT2D eigenvalue weighted by Crippen LogP contribution is 2.30. The van der Waals surface area contributed by atoms with Crippen LogP contribution in [0.2, 0.25) is 4.34 Å². The van der Waals surface area contributed by atoms with Gasteiger partial charge in [-0.2, -0.15) is 0 Å². The molecular weight excluding hydrogens is 374 g/mol. The van der Waals surface area contributed by atoms with Crippen LogP contribution in [0.25, 0.3) is 10.8 Å². The summed E-state index contributed by atoms with van der Waals surface area (Å²) in [6.45, 7) is 2.83. The number of hydrogen-bond donors (Lipinski definition) is 1. The van der Waals surface area contributed by atoms with Crippen LogP contribution in [-0.4, -0.2) is 22.7 Å². The van der Waals surface area contributed by atoms with Crippen molar-refractivity contribution in [2.45, 2.75) is 26.2 Å². The van der Waals surface area contributed by atoms with Crippen LogP contribution in [-0.2, 0) is 0 Å². The lowest BCUT2D eigenvalue weighted by Crippen LogP contribution is -2.12. The molecule has 1 amide bonds. The van der Waals surface area contributed by atoms with Gasteiger partial charge in [-0.1, -0.05) is 36.5 Å². The number of amides is 1. The van der Waals surface area contributed by atoms with Gasteiger partial charge in [0.1, 0.15) is 5.75 Å². The summed E-state index contributed by atoms with van der Waals surface area (Å²) >= 11 is 7.21. The average molecular weight is 392 g/mol.